The van der Waals surface area contributed by atoms with Gasteiger partial charge in [0.2, 0.25) is 0 Å². The predicted octanol–water partition coefficient (Wildman–Crippen LogP) is 2.73. The van der Waals surface area contributed by atoms with E-state index in [0.29, 0.717) is 22.8 Å². The summed E-state index contributed by atoms with van der Waals surface area (Å²) in [5.41, 5.74) is 1.75. The fraction of sp³-hybridized carbons (Fsp3) is 0.348. The van der Waals surface area contributed by atoms with Crippen LogP contribution in [0.15, 0.2) is 59.9 Å². The lowest BCUT2D eigenvalue weighted by Gasteiger charge is -2.37. The number of nitrogens with zero attached hydrogens (tertiary/aromatic N) is 3. The van der Waals surface area contributed by atoms with Gasteiger partial charge in [-0.1, -0.05) is 29.8 Å². The number of hydrogen-bond donors (Lipinski definition) is 2. The number of nitrogens with one attached hydrogen (secondary N) is 2. The lowest BCUT2D eigenvalue weighted by molar-refractivity contribution is -0.139. The summed E-state index contributed by atoms with van der Waals surface area (Å²) in [7, 11) is 0. The Morgan fingerprint density at radius 2 is 1.91 bits per heavy atom. The van der Waals surface area contributed by atoms with Gasteiger partial charge in [-0.3, -0.25) is 4.90 Å². The molecule has 2 aliphatic heterocycles. The SMILES string of the molecule is CCOC(=O)C1=C(CN2CCN(c3ccccn3)CC2)NC(=O)N[C@@H]1c1ccc(Cl)cc1. The first kappa shape index (κ1) is 22.1. The third-order valence-corrected chi connectivity index (χ3v) is 5.83. The van der Waals surface area contributed by atoms with E-state index in [-0.39, 0.29) is 12.6 Å². The van der Waals surface area contributed by atoms with Gasteiger partial charge in [0.15, 0.2) is 0 Å². The molecule has 2 aliphatic rings. The number of piperazine rings is 1. The van der Waals surface area contributed by atoms with E-state index >= 15 is 0 Å². The smallest absolute Gasteiger partial charge is 0.338 e. The molecule has 0 unspecified atom stereocenters. The van der Waals surface area contributed by atoms with E-state index < -0.39 is 12.0 Å². The van der Waals surface area contributed by atoms with Crippen molar-refractivity contribution in [2.75, 3.05) is 44.2 Å². The molecule has 0 saturated carbocycles. The van der Waals surface area contributed by atoms with Crippen LogP contribution in [0.4, 0.5) is 10.6 Å². The number of ether oxygens (including phenoxy) is 1. The molecule has 168 valence electrons. The van der Waals surface area contributed by atoms with Crippen LogP contribution >= 0.6 is 11.6 Å². The molecule has 8 nitrogen and oxygen atoms in total. The van der Waals surface area contributed by atoms with E-state index in [4.69, 9.17) is 16.3 Å². The van der Waals surface area contributed by atoms with Crippen LogP contribution in [0.3, 0.4) is 0 Å². The number of urea groups is 1. The summed E-state index contributed by atoms with van der Waals surface area (Å²) in [5.74, 6) is 0.513. The number of halogens is 1. The lowest BCUT2D eigenvalue weighted by Crippen LogP contribution is -2.52. The highest BCUT2D eigenvalue weighted by molar-refractivity contribution is 6.30. The van der Waals surface area contributed by atoms with Crippen LogP contribution in [0, 0.1) is 0 Å². The molecule has 1 fully saturated rings. The van der Waals surface area contributed by atoms with E-state index in [1.807, 2.05) is 18.2 Å². The lowest BCUT2D eigenvalue weighted by atomic mass is 9.95. The number of aromatic nitrogens is 1. The van der Waals surface area contributed by atoms with Gasteiger partial charge in [-0.05, 0) is 36.8 Å². The third-order valence-electron chi connectivity index (χ3n) is 5.58. The molecule has 2 amide bonds. The van der Waals surface area contributed by atoms with Crippen LogP contribution in [0.1, 0.15) is 18.5 Å². The number of rotatable bonds is 6. The molecule has 3 heterocycles. The van der Waals surface area contributed by atoms with Gasteiger partial charge < -0.3 is 20.3 Å². The second kappa shape index (κ2) is 10.0. The fourth-order valence-electron chi connectivity index (χ4n) is 4.00. The maximum Gasteiger partial charge on any atom is 0.338 e. The summed E-state index contributed by atoms with van der Waals surface area (Å²) in [6.45, 7) is 5.65. The van der Waals surface area contributed by atoms with Crippen LogP contribution in [0.25, 0.3) is 0 Å². The van der Waals surface area contributed by atoms with Crippen LogP contribution in [0.2, 0.25) is 5.02 Å². The van der Waals surface area contributed by atoms with Crippen molar-refractivity contribution in [3.63, 3.8) is 0 Å². The van der Waals surface area contributed by atoms with Gasteiger partial charge in [-0.15, -0.1) is 0 Å². The van der Waals surface area contributed by atoms with E-state index in [2.05, 4.69) is 25.4 Å². The van der Waals surface area contributed by atoms with Gasteiger partial charge in [-0.2, -0.15) is 0 Å². The van der Waals surface area contributed by atoms with E-state index in [1.54, 1.807) is 37.4 Å². The Hall–Kier alpha value is -3.10. The zero-order valence-corrected chi connectivity index (χ0v) is 18.6. The molecule has 32 heavy (non-hydrogen) atoms. The molecular weight excluding hydrogens is 430 g/mol. The predicted molar refractivity (Wildman–Crippen MR) is 122 cm³/mol. The van der Waals surface area contributed by atoms with E-state index in [1.165, 1.54) is 0 Å². The number of carbonyl (C=O) groups excluding carboxylic acids is 2. The summed E-state index contributed by atoms with van der Waals surface area (Å²) in [6.07, 6.45) is 1.79. The molecule has 0 aliphatic carbocycles. The maximum absolute atomic E-state index is 12.9. The largest absolute Gasteiger partial charge is 0.463 e. The second-order valence-corrected chi connectivity index (χ2v) is 8.08. The van der Waals surface area contributed by atoms with Gasteiger partial charge in [0.05, 0.1) is 18.2 Å². The molecule has 2 aromatic rings. The third kappa shape index (κ3) is 5.03. The Balaban J connectivity index is 1.56. The minimum atomic E-state index is -0.607. The van der Waals surface area contributed by atoms with Gasteiger partial charge >= 0.3 is 12.0 Å². The van der Waals surface area contributed by atoms with Crippen molar-refractivity contribution in [3.8, 4) is 0 Å². The van der Waals surface area contributed by atoms with Gasteiger partial charge in [0, 0.05) is 49.6 Å². The van der Waals surface area contributed by atoms with Gasteiger partial charge in [-0.25, -0.2) is 14.6 Å². The number of amides is 2. The van der Waals surface area contributed by atoms with Crippen molar-refractivity contribution in [1.29, 1.82) is 0 Å². The van der Waals surface area contributed by atoms with Crippen molar-refractivity contribution in [1.82, 2.24) is 20.5 Å². The topological polar surface area (TPSA) is 86.8 Å². The van der Waals surface area contributed by atoms with Crippen LogP contribution in [-0.4, -0.2) is 61.2 Å². The molecule has 0 radical (unpaired) electrons. The average molecular weight is 456 g/mol. The number of pyridine rings is 1. The minimum absolute atomic E-state index is 0.250. The molecule has 2 N–H and O–H groups in total. The molecular formula is C23H26ClN5O3. The molecule has 9 heteroatoms. The number of benzene rings is 1. The van der Waals surface area contributed by atoms with Crippen LogP contribution in [0.5, 0.6) is 0 Å². The Bertz CT molecular complexity index is 988. The Kier molecular flexibility index (Phi) is 6.92. The molecule has 4 rings (SSSR count). The van der Waals surface area contributed by atoms with Crippen molar-refractivity contribution in [3.05, 3.63) is 70.5 Å². The van der Waals surface area contributed by atoms with E-state index in [0.717, 1.165) is 37.6 Å². The molecule has 1 aromatic carbocycles. The monoisotopic (exact) mass is 455 g/mol. The van der Waals surface area contributed by atoms with Crippen molar-refractivity contribution < 1.29 is 14.3 Å². The highest BCUT2D eigenvalue weighted by atomic mass is 35.5. The molecule has 1 atom stereocenters. The van der Waals surface area contributed by atoms with Gasteiger partial charge in [0.25, 0.3) is 0 Å². The highest BCUT2D eigenvalue weighted by Gasteiger charge is 2.34. The fourth-order valence-corrected chi connectivity index (χ4v) is 4.12. The Morgan fingerprint density at radius 3 is 2.56 bits per heavy atom. The first-order valence-electron chi connectivity index (χ1n) is 10.7. The van der Waals surface area contributed by atoms with Crippen LogP contribution in [-0.2, 0) is 9.53 Å². The zero-order valence-electron chi connectivity index (χ0n) is 17.9. The summed E-state index contributed by atoms with van der Waals surface area (Å²) in [4.78, 5) is 34.2. The molecule has 0 bridgehead atoms. The summed E-state index contributed by atoms with van der Waals surface area (Å²) < 4.78 is 5.34. The summed E-state index contributed by atoms with van der Waals surface area (Å²) in [6, 6.07) is 12.0. The van der Waals surface area contributed by atoms with Gasteiger partial charge in [0.1, 0.15) is 5.82 Å². The summed E-state index contributed by atoms with van der Waals surface area (Å²) in [5, 5.41) is 6.28. The van der Waals surface area contributed by atoms with Crippen LogP contribution < -0.4 is 15.5 Å². The standard InChI is InChI=1S/C23H26ClN5O3/c1-2-32-22(30)20-18(26-23(31)27-21(20)16-6-8-17(24)9-7-16)15-28-11-13-29(14-12-28)19-5-3-4-10-25-19/h3-10,21H,2,11-15H2,1H3,(H2,26,27,31)/t21-/m1/s1. The molecule has 0 spiro atoms. The molecule has 1 saturated heterocycles. The molecule has 1 aromatic heterocycles. The van der Waals surface area contributed by atoms with Crippen molar-refractivity contribution in [2.45, 2.75) is 13.0 Å². The van der Waals surface area contributed by atoms with Crippen molar-refractivity contribution >= 4 is 29.4 Å². The quantitative estimate of drug-likeness (QED) is 0.651. The normalized spacial score (nSPS) is 19.4. The number of anilines is 1. The highest BCUT2D eigenvalue weighted by Crippen LogP contribution is 2.29. The maximum atomic E-state index is 12.9. The first-order chi connectivity index (χ1) is 15.5. The Labute approximate surface area is 192 Å². The Morgan fingerprint density at radius 1 is 1.16 bits per heavy atom. The average Bonchev–Trinajstić information content (AvgIpc) is 2.80. The van der Waals surface area contributed by atoms with E-state index in [9.17, 15) is 9.59 Å². The van der Waals surface area contributed by atoms with Crippen molar-refractivity contribution in [2.24, 2.45) is 0 Å². The first-order valence-corrected chi connectivity index (χ1v) is 11.0. The number of carbonyl (C=O) groups is 2. The number of hydrogen-bond acceptors (Lipinski definition) is 6. The second-order valence-electron chi connectivity index (χ2n) is 7.65. The zero-order chi connectivity index (χ0) is 22.5. The summed E-state index contributed by atoms with van der Waals surface area (Å²) >= 11 is 6.02. The minimum Gasteiger partial charge on any atom is -0.463 e. The number of esters is 1.